The molecule has 0 aliphatic carbocycles. The van der Waals surface area contributed by atoms with Crippen LogP contribution in [0.1, 0.15) is 36.0 Å². The Bertz CT molecular complexity index is 946. The highest BCUT2D eigenvalue weighted by atomic mass is 19.1. The molecule has 1 N–H and O–H groups in total. The Hall–Kier alpha value is -2.76. The third-order valence-corrected chi connectivity index (χ3v) is 5.93. The lowest BCUT2D eigenvalue weighted by Crippen LogP contribution is -2.47. The van der Waals surface area contributed by atoms with Crippen LogP contribution in [0.25, 0.3) is 0 Å². The zero-order valence-corrected chi connectivity index (χ0v) is 15.7. The molecule has 6 heteroatoms. The molecule has 2 heterocycles. The average molecular weight is 384 g/mol. The molecule has 2 aromatic carbocycles. The van der Waals surface area contributed by atoms with Gasteiger partial charge in [-0.2, -0.15) is 0 Å². The highest BCUT2D eigenvalue weighted by Gasteiger charge is 2.53. The standard InChI is InChI=1S/C22H22F2N2O2/c1-14-3-2-4-16(9-14)22(11-18-6-8-20(27)26(18)13-22)21(28)25-12-15-10-17(23)5-7-19(15)24/h2-5,7,9-10,18H,6,8,11-13H2,1H3,(H,25,28)/t18-,22-/m0/s1. The fraction of sp³-hybridized carbons (Fsp3) is 0.364. The number of halogens is 2. The number of amides is 2. The molecule has 2 atom stereocenters. The second-order valence-electron chi connectivity index (χ2n) is 7.79. The van der Waals surface area contributed by atoms with Crippen molar-refractivity contribution >= 4 is 11.8 Å². The zero-order chi connectivity index (χ0) is 19.9. The van der Waals surface area contributed by atoms with Gasteiger partial charge < -0.3 is 10.2 Å². The Morgan fingerprint density at radius 2 is 2.07 bits per heavy atom. The van der Waals surface area contributed by atoms with Crippen LogP contribution in [0.3, 0.4) is 0 Å². The smallest absolute Gasteiger partial charge is 0.232 e. The molecule has 0 radical (unpaired) electrons. The summed E-state index contributed by atoms with van der Waals surface area (Å²) in [5.74, 6) is -1.30. The minimum absolute atomic E-state index is 0.0460. The molecule has 0 saturated carbocycles. The first-order chi connectivity index (χ1) is 13.4. The minimum atomic E-state index is -0.878. The van der Waals surface area contributed by atoms with Crippen molar-refractivity contribution in [3.05, 3.63) is 70.8 Å². The van der Waals surface area contributed by atoms with Crippen molar-refractivity contribution < 1.29 is 18.4 Å². The van der Waals surface area contributed by atoms with Gasteiger partial charge in [0.25, 0.3) is 0 Å². The number of rotatable bonds is 4. The van der Waals surface area contributed by atoms with Crippen LogP contribution in [0.4, 0.5) is 8.78 Å². The number of aryl methyl sites for hydroxylation is 1. The monoisotopic (exact) mass is 384 g/mol. The van der Waals surface area contributed by atoms with E-state index in [4.69, 9.17) is 0 Å². The summed E-state index contributed by atoms with van der Waals surface area (Å²) in [6.45, 7) is 2.17. The van der Waals surface area contributed by atoms with Crippen molar-refractivity contribution in [2.75, 3.05) is 6.54 Å². The van der Waals surface area contributed by atoms with Crippen LogP contribution >= 0.6 is 0 Å². The molecule has 2 saturated heterocycles. The normalized spacial score (nSPS) is 23.8. The summed E-state index contributed by atoms with van der Waals surface area (Å²) in [5, 5.41) is 2.79. The molecule has 0 bridgehead atoms. The van der Waals surface area contributed by atoms with Crippen molar-refractivity contribution in [1.82, 2.24) is 10.2 Å². The van der Waals surface area contributed by atoms with Crippen molar-refractivity contribution in [2.24, 2.45) is 0 Å². The van der Waals surface area contributed by atoms with Gasteiger partial charge in [-0.3, -0.25) is 9.59 Å². The largest absolute Gasteiger partial charge is 0.351 e. The minimum Gasteiger partial charge on any atom is -0.351 e. The first-order valence-electron chi connectivity index (χ1n) is 9.48. The number of carbonyl (C=O) groups excluding carboxylic acids is 2. The number of carbonyl (C=O) groups is 2. The summed E-state index contributed by atoms with van der Waals surface area (Å²) in [6.07, 6.45) is 1.81. The molecule has 2 fully saturated rings. The van der Waals surface area contributed by atoms with Crippen LogP contribution in [0.5, 0.6) is 0 Å². The number of nitrogens with one attached hydrogen (secondary N) is 1. The van der Waals surface area contributed by atoms with E-state index < -0.39 is 17.0 Å². The van der Waals surface area contributed by atoms with Crippen LogP contribution < -0.4 is 5.32 Å². The third kappa shape index (κ3) is 3.17. The van der Waals surface area contributed by atoms with Gasteiger partial charge in [0.15, 0.2) is 0 Å². The number of fused-ring (bicyclic) bond motifs is 1. The fourth-order valence-corrected chi connectivity index (χ4v) is 4.45. The van der Waals surface area contributed by atoms with Gasteiger partial charge in [0.05, 0.1) is 5.41 Å². The summed E-state index contributed by atoms with van der Waals surface area (Å²) in [4.78, 5) is 27.3. The van der Waals surface area contributed by atoms with Crippen LogP contribution in [0.15, 0.2) is 42.5 Å². The molecule has 146 valence electrons. The van der Waals surface area contributed by atoms with E-state index in [9.17, 15) is 18.4 Å². The van der Waals surface area contributed by atoms with Crippen LogP contribution in [-0.2, 0) is 21.5 Å². The quantitative estimate of drug-likeness (QED) is 0.880. The third-order valence-electron chi connectivity index (χ3n) is 5.93. The predicted molar refractivity (Wildman–Crippen MR) is 100 cm³/mol. The van der Waals surface area contributed by atoms with Gasteiger partial charge in [0.1, 0.15) is 11.6 Å². The first kappa shape index (κ1) is 18.6. The second kappa shape index (κ2) is 7.00. The van der Waals surface area contributed by atoms with Gasteiger partial charge in [-0.15, -0.1) is 0 Å². The predicted octanol–water partition coefficient (Wildman–Crippen LogP) is 3.22. The van der Waals surface area contributed by atoms with E-state index >= 15 is 0 Å². The SMILES string of the molecule is Cc1cccc([C@]2(C(=O)NCc3cc(F)ccc3F)C[C@@H]3CCC(=O)N3C2)c1. The number of hydrogen-bond acceptors (Lipinski definition) is 2. The molecule has 28 heavy (non-hydrogen) atoms. The Balaban J connectivity index is 1.63. The van der Waals surface area contributed by atoms with E-state index in [2.05, 4.69) is 5.32 Å². The van der Waals surface area contributed by atoms with Gasteiger partial charge in [-0.1, -0.05) is 29.8 Å². The zero-order valence-electron chi connectivity index (χ0n) is 15.7. The first-order valence-corrected chi connectivity index (χ1v) is 9.48. The van der Waals surface area contributed by atoms with E-state index in [-0.39, 0.29) is 30.0 Å². The van der Waals surface area contributed by atoms with Crippen LogP contribution in [0.2, 0.25) is 0 Å². The van der Waals surface area contributed by atoms with Crippen molar-refractivity contribution in [1.29, 1.82) is 0 Å². The van der Waals surface area contributed by atoms with Crippen molar-refractivity contribution in [3.63, 3.8) is 0 Å². The maximum Gasteiger partial charge on any atom is 0.232 e. The Kier molecular flexibility index (Phi) is 4.65. The molecule has 2 aromatic rings. The van der Waals surface area contributed by atoms with E-state index in [1.165, 1.54) is 0 Å². The average Bonchev–Trinajstić information content (AvgIpc) is 3.22. The highest BCUT2D eigenvalue weighted by molar-refractivity contribution is 5.91. The van der Waals surface area contributed by atoms with E-state index in [0.29, 0.717) is 19.4 Å². The number of nitrogens with zero attached hydrogens (tertiary/aromatic N) is 1. The molecule has 2 aliphatic rings. The summed E-state index contributed by atoms with van der Waals surface area (Å²) >= 11 is 0. The van der Waals surface area contributed by atoms with Gasteiger partial charge in [-0.25, -0.2) is 8.78 Å². The highest BCUT2D eigenvalue weighted by Crippen LogP contribution is 2.43. The topological polar surface area (TPSA) is 49.4 Å². The van der Waals surface area contributed by atoms with Gasteiger partial charge in [0.2, 0.25) is 11.8 Å². The maximum absolute atomic E-state index is 13.9. The molecule has 4 rings (SSSR count). The number of hydrogen-bond donors (Lipinski definition) is 1. The second-order valence-corrected chi connectivity index (χ2v) is 7.79. The summed E-state index contributed by atoms with van der Waals surface area (Å²) in [6, 6.07) is 11.0. The lowest BCUT2D eigenvalue weighted by atomic mass is 9.76. The van der Waals surface area contributed by atoms with E-state index in [1.54, 1.807) is 4.90 Å². The summed E-state index contributed by atoms with van der Waals surface area (Å²) in [7, 11) is 0. The van der Waals surface area contributed by atoms with Crippen LogP contribution in [-0.4, -0.2) is 29.3 Å². The summed E-state index contributed by atoms with van der Waals surface area (Å²) in [5.41, 5.74) is 1.10. The molecule has 0 aromatic heterocycles. The van der Waals surface area contributed by atoms with E-state index in [0.717, 1.165) is 35.7 Å². The molecule has 2 aliphatic heterocycles. The van der Waals surface area contributed by atoms with Crippen molar-refractivity contribution in [3.8, 4) is 0 Å². The number of benzene rings is 2. The van der Waals surface area contributed by atoms with Gasteiger partial charge in [0, 0.05) is 31.1 Å². The Labute approximate surface area is 162 Å². The summed E-state index contributed by atoms with van der Waals surface area (Å²) < 4.78 is 27.4. The Morgan fingerprint density at radius 1 is 1.25 bits per heavy atom. The van der Waals surface area contributed by atoms with Gasteiger partial charge >= 0.3 is 0 Å². The maximum atomic E-state index is 13.9. The molecule has 0 spiro atoms. The molecular weight excluding hydrogens is 362 g/mol. The molecular formula is C22H22F2N2O2. The van der Waals surface area contributed by atoms with Gasteiger partial charge in [-0.05, 0) is 43.5 Å². The molecule has 2 amide bonds. The van der Waals surface area contributed by atoms with Crippen molar-refractivity contribution in [2.45, 2.75) is 44.2 Å². The lowest BCUT2D eigenvalue weighted by Gasteiger charge is -2.29. The molecule has 0 unspecified atom stereocenters. The fourth-order valence-electron chi connectivity index (χ4n) is 4.45. The molecule has 4 nitrogen and oxygen atoms in total. The van der Waals surface area contributed by atoms with E-state index in [1.807, 2.05) is 31.2 Å². The van der Waals surface area contributed by atoms with Crippen LogP contribution in [0, 0.1) is 18.6 Å². The Morgan fingerprint density at radius 3 is 2.82 bits per heavy atom. The lowest BCUT2D eigenvalue weighted by molar-refractivity contribution is -0.129.